The molecule has 0 saturated heterocycles. The number of nitrogens with zero attached hydrogens (tertiary/aromatic N) is 1. The maximum atomic E-state index is 14.3. The number of carbonyl (C=O) groups excluding carboxylic acids is 1. The van der Waals surface area contributed by atoms with Crippen molar-refractivity contribution < 1.29 is 22.3 Å². The van der Waals surface area contributed by atoms with E-state index in [1.807, 2.05) is 0 Å². The summed E-state index contributed by atoms with van der Waals surface area (Å²) in [6.45, 7) is 0. The fourth-order valence-corrected chi connectivity index (χ4v) is 2.89. The highest BCUT2D eigenvalue weighted by Gasteiger charge is 2.30. The molecule has 110 valence electrons. The van der Waals surface area contributed by atoms with Gasteiger partial charge in [-0.05, 0) is 24.3 Å². The molecule has 0 bridgehead atoms. The Morgan fingerprint density at radius 2 is 1.86 bits per heavy atom. The van der Waals surface area contributed by atoms with Crippen LogP contribution in [0.1, 0.15) is 21.4 Å². The van der Waals surface area contributed by atoms with Crippen molar-refractivity contribution in [3.63, 3.8) is 0 Å². The van der Waals surface area contributed by atoms with Gasteiger partial charge in [-0.2, -0.15) is 0 Å². The maximum absolute atomic E-state index is 14.3. The first-order chi connectivity index (χ1) is 9.96. The first kappa shape index (κ1) is 15.1. The van der Waals surface area contributed by atoms with Gasteiger partial charge in [0.1, 0.15) is 0 Å². The number of aromatic nitrogens is 1. The lowest BCUT2D eigenvalue weighted by atomic mass is 10.1. The number of halogens is 1. The minimum atomic E-state index is -4.22. The molecular weight excluding hydrogens is 297 g/mol. The quantitative estimate of drug-likeness (QED) is 0.810. The van der Waals surface area contributed by atoms with Gasteiger partial charge in [0.25, 0.3) is 0 Å². The number of alkyl halides is 1. The van der Waals surface area contributed by atoms with Crippen LogP contribution >= 0.6 is 0 Å². The van der Waals surface area contributed by atoms with Gasteiger partial charge < -0.3 is 4.74 Å². The Morgan fingerprint density at radius 1 is 1.19 bits per heavy atom. The zero-order chi connectivity index (χ0) is 15.5. The van der Waals surface area contributed by atoms with Crippen molar-refractivity contribution in [2.45, 2.75) is 10.5 Å². The Bertz CT molecular complexity index is 729. The first-order valence-corrected chi connectivity index (χ1v) is 7.48. The summed E-state index contributed by atoms with van der Waals surface area (Å²) in [5.41, 5.74) is -2.11. The van der Waals surface area contributed by atoms with Crippen molar-refractivity contribution in [3.05, 3.63) is 59.8 Å². The molecule has 5 nitrogen and oxygen atoms in total. The standard InChI is InChI=1S/C14H12FNO4S/c1-20-14(17)11-7-5-10(6-8-11)13(15)21(18,19)12-4-2-3-9-16-12/h2-9,13H,1H3. The van der Waals surface area contributed by atoms with Crippen LogP contribution in [0.3, 0.4) is 0 Å². The number of carbonyl (C=O) groups is 1. The molecule has 2 rings (SSSR count). The van der Waals surface area contributed by atoms with Gasteiger partial charge in [0.2, 0.25) is 15.3 Å². The number of ether oxygens (including phenoxy) is 1. The van der Waals surface area contributed by atoms with E-state index in [1.165, 1.54) is 55.8 Å². The second kappa shape index (κ2) is 6.01. The molecule has 1 heterocycles. The predicted molar refractivity (Wildman–Crippen MR) is 73.1 cm³/mol. The Kier molecular flexibility index (Phi) is 4.32. The summed E-state index contributed by atoms with van der Waals surface area (Å²) >= 11 is 0. The van der Waals surface area contributed by atoms with E-state index in [0.29, 0.717) is 0 Å². The smallest absolute Gasteiger partial charge is 0.337 e. The maximum Gasteiger partial charge on any atom is 0.337 e. The Balaban J connectivity index is 2.32. The molecule has 0 aliphatic rings. The van der Waals surface area contributed by atoms with E-state index in [4.69, 9.17) is 0 Å². The van der Waals surface area contributed by atoms with Crippen molar-refractivity contribution >= 4 is 15.8 Å². The molecule has 0 amide bonds. The van der Waals surface area contributed by atoms with Crippen LogP contribution in [-0.4, -0.2) is 26.5 Å². The normalized spacial score (nSPS) is 12.7. The molecule has 21 heavy (non-hydrogen) atoms. The van der Waals surface area contributed by atoms with Crippen molar-refractivity contribution in [3.8, 4) is 0 Å². The van der Waals surface area contributed by atoms with Crippen molar-refractivity contribution in [2.75, 3.05) is 7.11 Å². The summed E-state index contributed by atoms with van der Waals surface area (Å²) in [6.07, 6.45) is 1.28. The zero-order valence-corrected chi connectivity index (χ0v) is 11.9. The predicted octanol–water partition coefficient (Wildman–Crippen LogP) is 2.31. The van der Waals surface area contributed by atoms with Crippen molar-refractivity contribution in [2.24, 2.45) is 0 Å². The Hall–Kier alpha value is -2.28. The molecular formula is C14H12FNO4S. The van der Waals surface area contributed by atoms with E-state index in [1.54, 1.807) is 0 Å². The summed E-state index contributed by atoms with van der Waals surface area (Å²) in [7, 11) is -3.00. The van der Waals surface area contributed by atoms with Crippen molar-refractivity contribution in [1.82, 2.24) is 4.98 Å². The van der Waals surface area contributed by atoms with E-state index in [9.17, 15) is 17.6 Å². The van der Waals surface area contributed by atoms with Crippen molar-refractivity contribution in [1.29, 1.82) is 0 Å². The average Bonchev–Trinajstić information content (AvgIpc) is 2.54. The third-order valence-electron chi connectivity index (χ3n) is 2.80. The van der Waals surface area contributed by atoms with Crippen LogP contribution < -0.4 is 0 Å². The van der Waals surface area contributed by atoms with Gasteiger partial charge in [0.15, 0.2) is 5.03 Å². The largest absolute Gasteiger partial charge is 0.465 e. The number of hydrogen-bond acceptors (Lipinski definition) is 5. The minimum absolute atomic E-state index is 0.0756. The number of sulfone groups is 1. The molecule has 0 spiro atoms. The van der Waals surface area contributed by atoms with E-state index in [0.717, 1.165) is 0 Å². The number of esters is 1. The highest BCUT2D eigenvalue weighted by molar-refractivity contribution is 7.91. The zero-order valence-electron chi connectivity index (χ0n) is 11.1. The number of methoxy groups -OCH3 is 1. The fraction of sp³-hybridized carbons (Fsp3) is 0.143. The number of pyridine rings is 1. The lowest BCUT2D eigenvalue weighted by Gasteiger charge is -2.10. The molecule has 0 aliphatic heterocycles. The van der Waals surface area contributed by atoms with E-state index < -0.39 is 21.3 Å². The van der Waals surface area contributed by atoms with Crippen LogP contribution in [0.25, 0.3) is 0 Å². The second-order valence-electron chi connectivity index (χ2n) is 4.14. The number of hydrogen-bond donors (Lipinski definition) is 0. The van der Waals surface area contributed by atoms with Crippen LogP contribution in [-0.2, 0) is 14.6 Å². The molecule has 1 unspecified atom stereocenters. The van der Waals surface area contributed by atoms with Gasteiger partial charge in [0, 0.05) is 11.8 Å². The van der Waals surface area contributed by atoms with Crippen LogP contribution in [0.2, 0.25) is 0 Å². The fourth-order valence-electron chi connectivity index (χ4n) is 1.69. The molecule has 1 aromatic carbocycles. The summed E-state index contributed by atoms with van der Waals surface area (Å²) in [6, 6.07) is 9.31. The van der Waals surface area contributed by atoms with Gasteiger partial charge in [-0.15, -0.1) is 0 Å². The molecule has 0 saturated carbocycles. The molecule has 0 aliphatic carbocycles. The third kappa shape index (κ3) is 3.08. The van der Waals surface area contributed by atoms with E-state index >= 15 is 0 Å². The Labute approximate surface area is 121 Å². The molecule has 1 atom stereocenters. The molecule has 2 aromatic rings. The van der Waals surface area contributed by atoms with Gasteiger partial charge >= 0.3 is 5.97 Å². The minimum Gasteiger partial charge on any atom is -0.465 e. The van der Waals surface area contributed by atoms with Crippen LogP contribution in [0.5, 0.6) is 0 Å². The molecule has 0 fully saturated rings. The topological polar surface area (TPSA) is 73.3 Å². The van der Waals surface area contributed by atoms with Crippen LogP contribution in [0, 0.1) is 0 Å². The average molecular weight is 309 g/mol. The first-order valence-electron chi connectivity index (χ1n) is 5.94. The highest BCUT2D eigenvalue weighted by Crippen LogP contribution is 2.29. The van der Waals surface area contributed by atoms with Gasteiger partial charge in [0.05, 0.1) is 12.7 Å². The number of rotatable bonds is 4. The van der Waals surface area contributed by atoms with Crippen LogP contribution in [0.15, 0.2) is 53.7 Å². The SMILES string of the molecule is COC(=O)c1ccc(C(F)S(=O)(=O)c2ccccn2)cc1. The van der Waals surface area contributed by atoms with Gasteiger partial charge in [-0.25, -0.2) is 22.6 Å². The lowest BCUT2D eigenvalue weighted by Crippen LogP contribution is -2.11. The molecule has 1 aromatic heterocycles. The van der Waals surface area contributed by atoms with E-state index in [-0.39, 0.29) is 16.2 Å². The van der Waals surface area contributed by atoms with Gasteiger partial charge in [-0.1, -0.05) is 18.2 Å². The summed E-state index contributed by atoms with van der Waals surface area (Å²) in [5, 5.41) is -0.338. The Morgan fingerprint density at radius 3 is 2.38 bits per heavy atom. The molecule has 7 heteroatoms. The lowest BCUT2D eigenvalue weighted by molar-refractivity contribution is 0.0600. The monoisotopic (exact) mass is 309 g/mol. The van der Waals surface area contributed by atoms with Crippen LogP contribution in [0.4, 0.5) is 4.39 Å². The summed E-state index contributed by atoms with van der Waals surface area (Å²) < 4.78 is 42.9. The number of benzene rings is 1. The molecule has 0 N–H and O–H groups in total. The van der Waals surface area contributed by atoms with Gasteiger partial charge in [-0.3, -0.25) is 0 Å². The third-order valence-corrected chi connectivity index (χ3v) is 4.44. The molecule has 0 radical (unpaired) electrons. The second-order valence-corrected chi connectivity index (χ2v) is 6.06. The highest BCUT2D eigenvalue weighted by atomic mass is 32.2. The summed E-state index contributed by atoms with van der Waals surface area (Å²) in [4.78, 5) is 14.9. The summed E-state index contributed by atoms with van der Waals surface area (Å²) in [5.74, 6) is -0.579. The van der Waals surface area contributed by atoms with E-state index in [2.05, 4.69) is 9.72 Å².